The number of nitrogen functional groups attached to an aromatic ring is 1. The Morgan fingerprint density at radius 2 is 1.83 bits per heavy atom. The average molecular weight is 331 g/mol. The third-order valence-corrected chi connectivity index (χ3v) is 4.27. The van der Waals surface area contributed by atoms with E-state index in [0.29, 0.717) is 28.1 Å². The Hall–Kier alpha value is -2.20. The Morgan fingerprint density at radius 3 is 2.48 bits per heavy atom. The SMILES string of the molecule is Nc1ccc(C(=O)Nc2ccc(OC3CCCC3)cc2)c(Cl)c1. The van der Waals surface area contributed by atoms with E-state index in [9.17, 15) is 4.79 Å². The van der Waals surface area contributed by atoms with Crippen molar-refractivity contribution in [1.29, 1.82) is 0 Å². The van der Waals surface area contributed by atoms with Crippen molar-refractivity contribution in [3.05, 3.63) is 53.1 Å². The van der Waals surface area contributed by atoms with Crippen LogP contribution in [0, 0.1) is 0 Å². The van der Waals surface area contributed by atoms with E-state index in [-0.39, 0.29) is 5.91 Å². The minimum Gasteiger partial charge on any atom is -0.490 e. The normalized spacial score (nSPS) is 14.7. The molecule has 1 saturated carbocycles. The van der Waals surface area contributed by atoms with Crippen LogP contribution >= 0.6 is 11.6 Å². The molecule has 0 unspecified atom stereocenters. The molecule has 0 saturated heterocycles. The van der Waals surface area contributed by atoms with E-state index in [1.807, 2.05) is 24.3 Å². The molecule has 2 aromatic carbocycles. The number of rotatable bonds is 4. The molecule has 1 aliphatic carbocycles. The van der Waals surface area contributed by atoms with Crippen LogP contribution < -0.4 is 15.8 Å². The van der Waals surface area contributed by atoms with Crippen LogP contribution in [-0.2, 0) is 0 Å². The average Bonchev–Trinajstić information content (AvgIpc) is 3.02. The number of carbonyl (C=O) groups is 1. The molecule has 2 aromatic rings. The maximum Gasteiger partial charge on any atom is 0.257 e. The van der Waals surface area contributed by atoms with Crippen LogP contribution in [0.2, 0.25) is 5.02 Å². The van der Waals surface area contributed by atoms with Gasteiger partial charge in [-0.25, -0.2) is 0 Å². The zero-order valence-electron chi connectivity index (χ0n) is 12.7. The van der Waals surface area contributed by atoms with Crippen molar-refractivity contribution >= 4 is 28.9 Å². The molecular weight excluding hydrogens is 312 g/mol. The third-order valence-electron chi connectivity index (χ3n) is 3.95. The summed E-state index contributed by atoms with van der Waals surface area (Å²) < 4.78 is 5.90. The minimum atomic E-state index is -0.264. The first-order valence-corrected chi connectivity index (χ1v) is 8.13. The zero-order valence-corrected chi connectivity index (χ0v) is 13.5. The quantitative estimate of drug-likeness (QED) is 0.811. The van der Waals surface area contributed by atoms with Gasteiger partial charge in [-0.05, 0) is 68.1 Å². The molecule has 120 valence electrons. The summed E-state index contributed by atoms with van der Waals surface area (Å²) in [4.78, 5) is 12.2. The summed E-state index contributed by atoms with van der Waals surface area (Å²) in [6.07, 6.45) is 5.04. The summed E-state index contributed by atoms with van der Waals surface area (Å²) in [7, 11) is 0. The lowest BCUT2D eigenvalue weighted by Crippen LogP contribution is -2.13. The van der Waals surface area contributed by atoms with Gasteiger partial charge < -0.3 is 15.8 Å². The molecule has 0 spiro atoms. The smallest absolute Gasteiger partial charge is 0.257 e. The van der Waals surface area contributed by atoms with Crippen molar-refractivity contribution in [2.24, 2.45) is 0 Å². The highest BCUT2D eigenvalue weighted by Crippen LogP contribution is 2.25. The molecule has 0 atom stereocenters. The van der Waals surface area contributed by atoms with Gasteiger partial charge in [0.15, 0.2) is 0 Å². The first kappa shape index (κ1) is 15.7. The van der Waals surface area contributed by atoms with E-state index < -0.39 is 0 Å². The van der Waals surface area contributed by atoms with Gasteiger partial charge in [-0.3, -0.25) is 4.79 Å². The van der Waals surface area contributed by atoms with Crippen LogP contribution in [0.3, 0.4) is 0 Å². The second-order valence-corrected chi connectivity index (χ2v) is 6.15. The van der Waals surface area contributed by atoms with Crippen molar-refractivity contribution in [2.75, 3.05) is 11.1 Å². The predicted octanol–water partition coefficient (Wildman–Crippen LogP) is 4.50. The number of hydrogen-bond donors (Lipinski definition) is 2. The van der Waals surface area contributed by atoms with Gasteiger partial charge in [0.05, 0.1) is 16.7 Å². The fraction of sp³-hybridized carbons (Fsp3) is 0.278. The Morgan fingerprint density at radius 1 is 1.13 bits per heavy atom. The lowest BCUT2D eigenvalue weighted by Gasteiger charge is -2.13. The zero-order chi connectivity index (χ0) is 16.2. The number of benzene rings is 2. The van der Waals surface area contributed by atoms with Gasteiger partial charge in [-0.1, -0.05) is 11.6 Å². The second-order valence-electron chi connectivity index (χ2n) is 5.74. The number of hydrogen-bond acceptors (Lipinski definition) is 3. The van der Waals surface area contributed by atoms with Crippen LogP contribution in [-0.4, -0.2) is 12.0 Å². The van der Waals surface area contributed by atoms with Crippen LogP contribution in [0.25, 0.3) is 0 Å². The van der Waals surface area contributed by atoms with E-state index in [0.717, 1.165) is 18.6 Å². The fourth-order valence-corrected chi connectivity index (χ4v) is 3.00. The Balaban J connectivity index is 1.64. The van der Waals surface area contributed by atoms with Crippen molar-refractivity contribution in [1.82, 2.24) is 0 Å². The number of nitrogens with two attached hydrogens (primary N) is 1. The summed E-state index contributed by atoms with van der Waals surface area (Å²) in [6.45, 7) is 0. The van der Waals surface area contributed by atoms with Crippen LogP contribution in [0.5, 0.6) is 5.75 Å². The molecule has 23 heavy (non-hydrogen) atoms. The lowest BCUT2D eigenvalue weighted by atomic mass is 10.2. The lowest BCUT2D eigenvalue weighted by molar-refractivity contribution is 0.102. The van der Waals surface area contributed by atoms with E-state index in [1.165, 1.54) is 12.8 Å². The van der Waals surface area contributed by atoms with Gasteiger partial charge in [0.1, 0.15) is 5.75 Å². The van der Waals surface area contributed by atoms with Gasteiger partial charge in [-0.2, -0.15) is 0 Å². The van der Waals surface area contributed by atoms with E-state index in [2.05, 4.69) is 5.32 Å². The molecule has 3 N–H and O–H groups in total. The highest BCUT2D eigenvalue weighted by Gasteiger charge is 2.16. The van der Waals surface area contributed by atoms with Gasteiger partial charge in [0, 0.05) is 11.4 Å². The summed E-state index contributed by atoms with van der Waals surface area (Å²) >= 11 is 6.05. The van der Waals surface area contributed by atoms with Gasteiger partial charge in [0.25, 0.3) is 5.91 Å². The first-order chi connectivity index (χ1) is 11.1. The maximum atomic E-state index is 12.2. The molecule has 0 radical (unpaired) electrons. The summed E-state index contributed by atoms with van der Waals surface area (Å²) in [6, 6.07) is 12.2. The van der Waals surface area contributed by atoms with Crippen LogP contribution in [0.4, 0.5) is 11.4 Å². The summed E-state index contributed by atoms with van der Waals surface area (Å²) in [5.41, 5.74) is 7.25. The summed E-state index contributed by atoms with van der Waals surface area (Å²) in [5, 5.41) is 3.16. The Labute approximate surface area is 140 Å². The highest BCUT2D eigenvalue weighted by molar-refractivity contribution is 6.34. The molecule has 0 aromatic heterocycles. The van der Waals surface area contributed by atoms with E-state index in [1.54, 1.807) is 18.2 Å². The van der Waals surface area contributed by atoms with Crippen molar-refractivity contribution < 1.29 is 9.53 Å². The molecule has 1 aliphatic rings. The Kier molecular flexibility index (Phi) is 4.72. The molecule has 1 fully saturated rings. The standard InChI is InChI=1S/C18H19ClN2O2/c19-17-11-12(20)5-10-16(17)18(22)21-13-6-8-15(9-7-13)23-14-3-1-2-4-14/h5-11,14H,1-4,20H2,(H,21,22). The Bertz CT molecular complexity index is 695. The van der Waals surface area contributed by atoms with E-state index in [4.69, 9.17) is 22.1 Å². The molecule has 1 amide bonds. The van der Waals surface area contributed by atoms with Crippen LogP contribution in [0.1, 0.15) is 36.0 Å². The molecule has 3 rings (SSSR count). The van der Waals surface area contributed by atoms with Crippen molar-refractivity contribution in [3.63, 3.8) is 0 Å². The maximum absolute atomic E-state index is 12.2. The largest absolute Gasteiger partial charge is 0.490 e. The second kappa shape index (κ2) is 6.92. The molecule has 0 heterocycles. The highest BCUT2D eigenvalue weighted by atomic mass is 35.5. The van der Waals surface area contributed by atoms with Gasteiger partial charge in [-0.15, -0.1) is 0 Å². The first-order valence-electron chi connectivity index (χ1n) is 7.75. The molecule has 0 bridgehead atoms. The monoisotopic (exact) mass is 330 g/mol. The molecule has 0 aliphatic heterocycles. The van der Waals surface area contributed by atoms with Crippen LogP contribution in [0.15, 0.2) is 42.5 Å². The van der Waals surface area contributed by atoms with Crippen molar-refractivity contribution in [2.45, 2.75) is 31.8 Å². The third kappa shape index (κ3) is 3.96. The number of ether oxygens (including phenoxy) is 1. The number of carbonyl (C=O) groups excluding carboxylic acids is 1. The number of nitrogens with one attached hydrogen (secondary N) is 1. The summed E-state index contributed by atoms with van der Waals surface area (Å²) in [5.74, 6) is 0.569. The number of anilines is 2. The number of amides is 1. The van der Waals surface area contributed by atoms with Gasteiger partial charge in [0.2, 0.25) is 0 Å². The minimum absolute atomic E-state index is 0.264. The molecule has 5 heteroatoms. The van der Waals surface area contributed by atoms with Gasteiger partial charge >= 0.3 is 0 Å². The molecule has 4 nitrogen and oxygen atoms in total. The van der Waals surface area contributed by atoms with E-state index >= 15 is 0 Å². The van der Waals surface area contributed by atoms with Crippen molar-refractivity contribution in [3.8, 4) is 5.75 Å². The number of halogens is 1. The predicted molar refractivity (Wildman–Crippen MR) is 93.1 cm³/mol. The molecular formula is C18H19ClN2O2. The topological polar surface area (TPSA) is 64.4 Å². The fourth-order valence-electron chi connectivity index (χ4n) is 2.73.